The van der Waals surface area contributed by atoms with Crippen molar-refractivity contribution in [2.24, 2.45) is 11.8 Å². The van der Waals surface area contributed by atoms with Gasteiger partial charge >= 0.3 is 0 Å². The molecule has 2 fully saturated rings. The normalized spacial score (nSPS) is 36.2. The van der Waals surface area contributed by atoms with Crippen molar-refractivity contribution in [1.82, 2.24) is 5.32 Å². The van der Waals surface area contributed by atoms with Crippen LogP contribution in [0.15, 0.2) is 0 Å². The van der Waals surface area contributed by atoms with Gasteiger partial charge in [-0.25, -0.2) is 0 Å². The lowest BCUT2D eigenvalue weighted by molar-refractivity contribution is 0.104. The third kappa shape index (κ3) is 3.46. The standard InChI is InChI=1S/C13H25NO/c1-11-4-2-5-12(11)10-14-8-7-13-6-3-9-15-13/h11-14H,2-10H2,1H3. The zero-order chi connectivity index (χ0) is 10.5. The number of rotatable bonds is 5. The molecule has 15 heavy (non-hydrogen) atoms. The van der Waals surface area contributed by atoms with E-state index in [1.54, 1.807) is 0 Å². The molecule has 0 amide bonds. The maximum absolute atomic E-state index is 5.61. The fraction of sp³-hybridized carbons (Fsp3) is 1.00. The summed E-state index contributed by atoms with van der Waals surface area (Å²) < 4.78 is 5.61. The fourth-order valence-corrected chi connectivity index (χ4v) is 2.95. The Kier molecular flexibility index (Phi) is 4.45. The Labute approximate surface area is 93.8 Å². The molecule has 0 aromatic rings. The molecule has 0 bridgehead atoms. The van der Waals surface area contributed by atoms with E-state index in [0.717, 1.165) is 25.0 Å². The predicted molar refractivity (Wildman–Crippen MR) is 63.0 cm³/mol. The molecular weight excluding hydrogens is 186 g/mol. The summed E-state index contributed by atoms with van der Waals surface area (Å²) in [4.78, 5) is 0. The molecule has 2 rings (SSSR count). The zero-order valence-corrected chi connectivity index (χ0v) is 10.0. The fourth-order valence-electron chi connectivity index (χ4n) is 2.95. The monoisotopic (exact) mass is 211 g/mol. The summed E-state index contributed by atoms with van der Waals surface area (Å²) in [5.74, 6) is 1.88. The highest BCUT2D eigenvalue weighted by Gasteiger charge is 2.22. The Balaban J connectivity index is 1.51. The van der Waals surface area contributed by atoms with Crippen LogP contribution >= 0.6 is 0 Å². The summed E-state index contributed by atoms with van der Waals surface area (Å²) in [6.07, 6.45) is 8.64. The highest BCUT2D eigenvalue weighted by atomic mass is 16.5. The molecule has 1 saturated heterocycles. The quantitative estimate of drug-likeness (QED) is 0.706. The molecule has 1 aliphatic carbocycles. The van der Waals surface area contributed by atoms with Crippen molar-refractivity contribution in [2.75, 3.05) is 19.7 Å². The molecule has 1 N–H and O–H groups in total. The van der Waals surface area contributed by atoms with Crippen LogP contribution in [0.25, 0.3) is 0 Å². The molecule has 1 aliphatic heterocycles. The van der Waals surface area contributed by atoms with Crippen molar-refractivity contribution in [3.05, 3.63) is 0 Å². The van der Waals surface area contributed by atoms with Crippen molar-refractivity contribution in [1.29, 1.82) is 0 Å². The van der Waals surface area contributed by atoms with E-state index >= 15 is 0 Å². The maximum atomic E-state index is 5.61. The van der Waals surface area contributed by atoms with E-state index in [2.05, 4.69) is 12.2 Å². The Morgan fingerprint density at radius 3 is 2.80 bits per heavy atom. The highest BCUT2D eigenvalue weighted by Crippen LogP contribution is 2.30. The zero-order valence-electron chi connectivity index (χ0n) is 10.0. The predicted octanol–water partition coefficient (Wildman–Crippen LogP) is 2.58. The third-order valence-electron chi connectivity index (χ3n) is 4.11. The van der Waals surface area contributed by atoms with Crippen molar-refractivity contribution >= 4 is 0 Å². The average Bonchev–Trinajstić information content (AvgIpc) is 2.85. The van der Waals surface area contributed by atoms with Crippen LogP contribution in [0.5, 0.6) is 0 Å². The number of hydrogen-bond acceptors (Lipinski definition) is 2. The van der Waals surface area contributed by atoms with Gasteiger partial charge in [0.15, 0.2) is 0 Å². The summed E-state index contributed by atoms with van der Waals surface area (Å²) >= 11 is 0. The molecule has 2 aliphatic rings. The van der Waals surface area contributed by atoms with Gasteiger partial charge in [-0.15, -0.1) is 0 Å². The van der Waals surface area contributed by atoms with Gasteiger partial charge in [0.25, 0.3) is 0 Å². The van der Waals surface area contributed by atoms with E-state index < -0.39 is 0 Å². The average molecular weight is 211 g/mol. The van der Waals surface area contributed by atoms with Crippen LogP contribution in [0.3, 0.4) is 0 Å². The number of nitrogens with one attached hydrogen (secondary N) is 1. The Bertz CT molecular complexity index is 177. The van der Waals surface area contributed by atoms with E-state index in [1.165, 1.54) is 45.1 Å². The minimum Gasteiger partial charge on any atom is -0.378 e. The molecule has 2 nitrogen and oxygen atoms in total. The van der Waals surface area contributed by atoms with Crippen LogP contribution in [0, 0.1) is 11.8 Å². The van der Waals surface area contributed by atoms with Gasteiger partial charge in [0.2, 0.25) is 0 Å². The van der Waals surface area contributed by atoms with E-state index in [4.69, 9.17) is 4.74 Å². The van der Waals surface area contributed by atoms with Gasteiger partial charge < -0.3 is 10.1 Å². The van der Waals surface area contributed by atoms with E-state index in [9.17, 15) is 0 Å². The van der Waals surface area contributed by atoms with Crippen LogP contribution < -0.4 is 5.32 Å². The summed E-state index contributed by atoms with van der Waals surface area (Å²) in [6, 6.07) is 0. The topological polar surface area (TPSA) is 21.3 Å². The molecule has 3 unspecified atom stereocenters. The molecular formula is C13H25NO. The van der Waals surface area contributed by atoms with Crippen LogP contribution in [0.2, 0.25) is 0 Å². The van der Waals surface area contributed by atoms with E-state index in [1.807, 2.05) is 0 Å². The van der Waals surface area contributed by atoms with Gasteiger partial charge in [-0.1, -0.05) is 19.8 Å². The molecule has 0 spiro atoms. The summed E-state index contributed by atoms with van der Waals surface area (Å²) in [6.45, 7) is 5.77. The minimum absolute atomic E-state index is 0.554. The molecule has 0 aromatic carbocycles. The lowest BCUT2D eigenvalue weighted by Gasteiger charge is -2.16. The van der Waals surface area contributed by atoms with Gasteiger partial charge in [0.1, 0.15) is 0 Å². The van der Waals surface area contributed by atoms with Gasteiger partial charge in [-0.2, -0.15) is 0 Å². The van der Waals surface area contributed by atoms with Gasteiger partial charge in [0, 0.05) is 6.61 Å². The highest BCUT2D eigenvalue weighted by molar-refractivity contribution is 4.76. The first-order valence-electron chi connectivity index (χ1n) is 6.68. The van der Waals surface area contributed by atoms with E-state index in [0.29, 0.717) is 6.10 Å². The molecule has 2 heteroatoms. The third-order valence-corrected chi connectivity index (χ3v) is 4.11. The van der Waals surface area contributed by atoms with Crippen LogP contribution in [-0.2, 0) is 4.74 Å². The first kappa shape index (κ1) is 11.4. The summed E-state index contributed by atoms with van der Waals surface area (Å²) in [5.41, 5.74) is 0. The molecule has 0 radical (unpaired) electrons. The Morgan fingerprint density at radius 1 is 1.20 bits per heavy atom. The van der Waals surface area contributed by atoms with Gasteiger partial charge in [-0.05, 0) is 50.6 Å². The second kappa shape index (κ2) is 5.86. The summed E-state index contributed by atoms with van der Waals surface area (Å²) in [7, 11) is 0. The maximum Gasteiger partial charge on any atom is 0.0588 e. The van der Waals surface area contributed by atoms with Crippen molar-refractivity contribution in [3.63, 3.8) is 0 Å². The SMILES string of the molecule is CC1CCCC1CNCCC1CCCO1. The number of ether oxygens (including phenoxy) is 1. The molecule has 1 saturated carbocycles. The molecule has 1 heterocycles. The first-order chi connectivity index (χ1) is 7.36. The van der Waals surface area contributed by atoms with Crippen LogP contribution in [0.4, 0.5) is 0 Å². The Morgan fingerprint density at radius 2 is 2.13 bits per heavy atom. The second-order valence-electron chi connectivity index (χ2n) is 5.30. The van der Waals surface area contributed by atoms with Crippen molar-refractivity contribution in [3.8, 4) is 0 Å². The minimum atomic E-state index is 0.554. The van der Waals surface area contributed by atoms with Crippen molar-refractivity contribution in [2.45, 2.75) is 51.6 Å². The second-order valence-corrected chi connectivity index (χ2v) is 5.30. The smallest absolute Gasteiger partial charge is 0.0588 e. The number of hydrogen-bond donors (Lipinski definition) is 1. The molecule has 0 aromatic heterocycles. The van der Waals surface area contributed by atoms with Gasteiger partial charge in [-0.3, -0.25) is 0 Å². The first-order valence-corrected chi connectivity index (χ1v) is 6.68. The summed E-state index contributed by atoms with van der Waals surface area (Å²) in [5, 5.41) is 3.60. The van der Waals surface area contributed by atoms with Gasteiger partial charge in [0.05, 0.1) is 6.10 Å². The van der Waals surface area contributed by atoms with E-state index in [-0.39, 0.29) is 0 Å². The Hall–Kier alpha value is -0.0800. The largest absolute Gasteiger partial charge is 0.378 e. The van der Waals surface area contributed by atoms with Crippen molar-refractivity contribution < 1.29 is 4.74 Å². The lowest BCUT2D eigenvalue weighted by Crippen LogP contribution is -2.27. The molecule has 3 atom stereocenters. The molecule has 88 valence electrons. The van der Waals surface area contributed by atoms with Crippen LogP contribution in [0.1, 0.15) is 45.4 Å². The van der Waals surface area contributed by atoms with Crippen LogP contribution in [-0.4, -0.2) is 25.8 Å². The lowest BCUT2D eigenvalue weighted by atomic mass is 9.98.